The van der Waals surface area contributed by atoms with Crippen LogP contribution in [0, 0.1) is 0 Å². The standard InChI is InChI=1S/C16H19N4O2/c1-4-19(5-2)15(21)11-10-14-16(22)18(3)12-8-6-7-9-13(12)20(14)17-11/h6-10,13H,4-5H2,1-3H3/q+1. The molecule has 0 fully saturated rings. The van der Waals surface area contributed by atoms with Gasteiger partial charge in [-0.25, -0.2) is 9.48 Å². The summed E-state index contributed by atoms with van der Waals surface area (Å²) < 4.78 is 3.27. The van der Waals surface area contributed by atoms with Crippen molar-refractivity contribution in [2.24, 2.45) is 0 Å². The van der Waals surface area contributed by atoms with Crippen molar-refractivity contribution in [1.29, 1.82) is 0 Å². The minimum absolute atomic E-state index is 0.138. The van der Waals surface area contributed by atoms with E-state index >= 15 is 0 Å². The quantitative estimate of drug-likeness (QED) is 0.790. The van der Waals surface area contributed by atoms with Gasteiger partial charge in [-0.15, -0.1) is 0 Å². The number of nitrogens with zero attached hydrogens (tertiary/aromatic N) is 4. The molecule has 2 heterocycles. The SMILES string of the molecule is CCN(CC)C(=O)c1cc2n(n1)C1C=CC=CC1=[N+](C)C2=O. The van der Waals surface area contributed by atoms with Crippen LogP contribution in [0.5, 0.6) is 0 Å². The van der Waals surface area contributed by atoms with Crippen LogP contribution in [0.2, 0.25) is 0 Å². The zero-order chi connectivity index (χ0) is 15.9. The second-order valence-corrected chi connectivity index (χ2v) is 5.31. The molecule has 1 unspecified atom stereocenters. The maximum Gasteiger partial charge on any atom is 0.437 e. The van der Waals surface area contributed by atoms with E-state index in [2.05, 4.69) is 5.10 Å². The van der Waals surface area contributed by atoms with Gasteiger partial charge < -0.3 is 4.90 Å². The highest BCUT2D eigenvalue weighted by Crippen LogP contribution is 2.24. The monoisotopic (exact) mass is 299 g/mol. The molecule has 6 nitrogen and oxygen atoms in total. The van der Waals surface area contributed by atoms with E-state index in [9.17, 15) is 9.59 Å². The van der Waals surface area contributed by atoms with E-state index in [1.165, 1.54) is 0 Å². The van der Waals surface area contributed by atoms with Crippen molar-refractivity contribution in [3.05, 3.63) is 41.8 Å². The van der Waals surface area contributed by atoms with Crippen molar-refractivity contribution < 1.29 is 14.2 Å². The van der Waals surface area contributed by atoms with E-state index in [1.54, 1.807) is 27.3 Å². The van der Waals surface area contributed by atoms with Crippen LogP contribution in [0.1, 0.15) is 40.9 Å². The van der Waals surface area contributed by atoms with Gasteiger partial charge in [-0.2, -0.15) is 9.67 Å². The molecule has 1 atom stereocenters. The average Bonchev–Trinajstić information content (AvgIpc) is 2.99. The van der Waals surface area contributed by atoms with Gasteiger partial charge in [-0.3, -0.25) is 4.79 Å². The number of hydrogen-bond acceptors (Lipinski definition) is 3. The van der Waals surface area contributed by atoms with Crippen molar-refractivity contribution in [2.75, 3.05) is 20.1 Å². The Morgan fingerprint density at radius 3 is 2.77 bits per heavy atom. The Hall–Kier alpha value is -2.50. The molecule has 0 aromatic carbocycles. The Bertz CT molecular complexity index is 735. The van der Waals surface area contributed by atoms with E-state index in [0.29, 0.717) is 24.5 Å². The summed E-state index contributed by atoms with van der Waals surface area (Å²) in [6.07, 6.45) is 7.70. The molecule has 0 bridgehead atoms. The average molecular weight is 299 g/mol. The molecule has 0 saturated carbocycles. The van der Waals surface area contributed by atoms with Gasteiger partial charge in [0, 0.05) is 25.2 Å². The lowest BCUT2D eigenvalue weighted by Crippen LogP contribution is -2.38. The fraction of sp³-hybridized carbons (Fsp3) is 0.375. The molecule has 3 rings (SSSR count). The molecule has 0 radical (unpaired) electrons. The molecule has 6 heteroatoms. The van der Waals surface area contributed by atoms with Crippen LogP contribution in [0.3, 0.4) is 0 Å². The molecule has 1 aliphatic carbocycles. The van der Waals surface area contributed by atoms with Crippen LogP contribution in [0.25, 0.3) is 0 Å². The van der Waals surface area contributed by atoms with E-state index in [1.807, 2.05) is 38.2 Å². The van der Waals surface area contributed by atoms with Gasteiger partial charge in [0.15, 0.2) is 17.4 Å². The summed E-state index contributed by atoms with van der Waals surface area (Å²) in [5.41, 5.74) is 1.64. The van der Waals surface area contributed by atoms with Crippen molar-refractivity contribution in [1.82, 2.24) is 14.7 Å². The third-order valence-electron chi connectivity index (χ3n) is 4.15. The lowest BCUT2D eigenvalue weighted by atomic mass is 10.0. The largest absolute Gasteiger partial charge is 0.437 e. The molecular formula is C16H19N4O2+. The van der Waals surface area contributed by atoms with Crippen molar-refractivity contribution >= 4 is 17.5 Å². The topological polar surface area (TPSA) is 58.2 Å². The first-order valence-electron chi connectivity index (χ1n) is 7.47. The first-order chi connectivity index (χ1) is 10.6. The summed E-state index contributed by atoms with van der Waals surface area (Å²) in [7, 11) is 1.75. The van der Waals surface area contributed by atoms with Gasteiger partial charge in [0.1, 0.15) is 7.05 Å². The summed E-state index contributed by atoms with van der Waals surface area (Å²) in [5.74, 6) is -0.281. The highest BCUT2D eigenvalue weighted by atomic mass is 16.2. The highest BCUT2D eigenvalue weighted by molar-refractivity contribution is 6.05. The minimum Gasteiger partial charge on any atom is -0.338 e. The zero-order valence-electron chi connectivity index (χ0n) is 13.0. The number of hydrogen-bond donors (Lipinski definition) is 0. The Balaban J connectivity index is 2.06. The molecule has 1 aromatic rings. The molecule has 0 N–H and O–H groups in total. The third kappa shape index (κ3) is 2.03. The second kappa shape index (κ2) is 5.36. The number of amides is 2. The fourth-order valence-electron chi connectivity index (χ4n) is 2.87. The smallest absolute Gasteiger partial charge is 0.338 e. The summed E-state index contributed by atoms with van der Waals surface area (Å²) >= 11 is 0. The first-order valence-corrected chi connectivity index (χ1v) is 7.47. The molecule has 0 saturated heterocycles. The Morgan fingerprint density at radius 2 is 2.09 bits per heavy atom. The summed E-state index contributed by atoms with van der Waals surface area (Å²) in [6.45, 7) is 5.09. The number of allylic oxidation sites excluding steroid dienone is 4. The van der Waals surface area contributed by atoms with Crippen LogP contribution in [0.15, 0.2) is 30.4 Å². The number of rotatable bonds is 3. The number of fused-ring (bicyclic) bond motifs is 3. The lowest BCUT2D eigenvalue weighted by Gasteiger charge is -2.20. The lowest BCUT2D eigenvalue weighted by molar-refractivity contribution is -0.398. The first kappa shape index (κ1) is 14.4. The van der Waals surface area contributed by atoms with Crippen LogP contribution in [-0.2, 0) is 0 Å². The van der Waals surface area contributed by atoms with Gasteiger partial charge in [0.25, 0.3) is 5.91 Å². The van der Waals surface area contributed by atoms with Crippen molar-refractivity contribution in [3.63, 3.8) is 0 Å². The normalized spacial score (nSPS) is 19.2. The predicted octanol–water partition coefficient (Wildman–Crippen LogP) is 1.27. The number of carbonyl (C=O) groups excluding carboxylic acids is 2. The van der Waals surface area contributed by atoms with Gasteiger partial charge in [0.2, 0.25) is 5.71 Å². The van der Waals surface area contributed by atoms with Gasteiger partial charge >= 0.3 is 5.91 Å². The maximum atomic E-state index is 12.5. The molecule has 2 amide bonds. The number of aromatic nitrogens is 2. The van der Waals surface area contributed by atoms with Crippen molar-refractivity contribution in [3.8, 4) is 0 Å². The molecular weight excluding hydrogens is 280 g/mol. The van der Waals surface area contributed by atoms with Crippen LogP contribution < -0.4 is 0 Å². The molecule has 22 heavy (non-hydrogen) atoms. The third-order valence-corrected chi connectivity index (χ3v) is 4.15. The Kier molecular flexibility index (Phi) is 3.52. The Morgan fingerprint density at radius 1 is 1.36 bits per heavy atom. The van der Waals surface area contributed by atoms with E-state index in [4.69, 9.17) is 0 Å². The molecule has 114 valence electrons. The summed E-state index contributed by atoms with van der Waals surface area (Å²) in [6, 6.07) is 1.46. The maximum absolute atomic E-state index is 12.5. The predicted molar refractivity (Wildman–Crippen MR) is 82.3 cm³/mol. The highest BCUT2D eigenvalue weighted by Gasteiger charge is 2.39. The van der Waals surface area contributed by atoms with Crippen molar-refractivity contribution in [2.45, 2.75) is 19.9 Å². The minimum atomic E-state index is -0.141. The molecule has 1 aromatic heterocycles. The second-order valence-electron chi connectivity index (χ2n) is 5.31. The van der Waals surface area contributed by atoms with E-state index in [0.717, 1.165) is 5.71 Å². The van der Waals surface area contributed by atoms with E-state index in [-0.39, 0.29) is 17.9 Å². The van der Waals surface area contributed by atoms with Crippen LogP contribution in [0.4, 0.5) is 0 Å². The molecule has 2 aliphatic rings. The van der Waals surface area contributed by atoms with E-state index < -0.39 is 0 Å². The fourth-order valence-corrected chi connectivity index (χ4v) is 2.87. The summed E-state index contributed by atoms with van der Waals surface area (Å²) in [4.78, 5) is 26.6. The Labute approximate surface area is 129 Å². The van der Waals surface area contributed by atoms with Gasteiger partial charge in [-0.05, 0) is 19.9 Å². The molecule has 1 aliphatic heterocycles. The van der Waals surface area contributed by atoms with Crippen LogP contribution >= 0.6 is 0 Å². The van der Waals surface area contributed by atoms with Crippen LogP contribution in [-0.4, -0.2) is 56.9 Å². The number of carbonyl (C=O) groups is 2. The van der Waals surface area contributed by atoms with Gasteiger partial charge in [-0.1, -0.05) is 12.2 Å². The summed E-state index contributed by atoms with van der Waals surface area (Å²) in [5, 5.41) is 4.41. The molecule has 0 spiro atoms. The zero-order valence-corrected chi connectivity index (χ0v) is 13.0. The van der Waals surface area contributed by atoms with Gasteiger partial charge in [0.05, 0.1) is 0 Å².